The Hall–Kier alpha value is -3.23. The number of carboxylic acid groups (broad SMARTS) is 1. The smallest absolute Gasteiger partial charge is 0.328 e. The summed E-state index contributed by atoms with van der Waals surface area (Å²) in [5.41, 5.74) is 2.64. The van der Waals surface area contributed by atoms with Crippen LogP contribution in [0.2, 0.25) is 5.02 Å². The third-order valence-electron chi connectivity index (χ3n) is 5.09. The van der Waals surface area contributed by atoms with Crippen molar-refractivity contribution in [3.05, 3.63) is 82.1 Å². The number of hydrogen-bond donors (Lipinski definition) is 1. The van der Waals surface area contributed by atoms with E-state index in [1.165, 1.54) is 16.4 Å². The van der Waals surface area contributed by atoms with Crippen LogP contribution in [0.5, 0.6) is 5.75 Å². The van der Waals surface area contributed by atoms with Gasteiger partial charge in [0, 0.05) is 23.7 Å². The van der Waals surface area contributed by atoms with Gasteiger partial charge >= 0.3 is 5.97 Å². The third kappa shape index (κ3) is 6.68. The van der Waals surface area contributed by atoms with Gasteiger partial charge in [0.1, 0.15) is 18.1 Å². The average Bonchev–Trinajstić information content (AvgIpc) is 3.24. The summed E-state index contributed by atoms with van der Waals surface area (Å²) in [5.74, 6) is -0.177. The molecule has 35 heavy (non-hydrogen) atoms. The van der Waals surface area contributed by atoms with Crippen molar-refractivity contribution in [1.82, 2.24) is 0 Å². The first kappa shape index (κ1) is 26.4. The molecule has 0 radical (unpaired) electrons. The first-order valence-electron chi connectivity index (χ1n) is 11.0. The molecule has 0 atom stereocenters. The van der Waals surface area contributed by atoms with Crippen molar-refractivity contribution < 1.29 is 27.5 Å². The number of rotatable bonds is 10. The van der Waals surface area contributed by atoms with E-state index in [-0.39, 0.29) is 24.2 Å². The van der Waals surface area contributed by atoms with Gasteiger partial charge in [-0.2, -0.15) is 8.42 Å². The summed E-state index contributed by atoms with van der Waals surface area (Å²) in [5, 5.41) is 9.08. The normalized spacial score (nSPS) is 11.8. The first-order valence-corrected chi connectivity index (χ1v) is 12.8. The highest BCUT2D eigenvalue weighted by atomic mass is 35.5. The lowest BCUT2D eigenvalue weighted by Gasteiger charge is -2.27. The van der Waals surface area contributed by atoms with Gasteiger partial charge in [-0.1, -0.05) is 49.7 Å². The van der Waals surface area contributed by atoms with Gasteiger partial charge in [-0.05, 0) is 60.7 Å². The van der Waals surface area contributed by atoms with Gasteiger partial charge in [-0.3, -0.25) is 4.31 Å². The maximum Gasteiger partial charge on any atom is 0.328 e. The molecule has 1 heterocycles. The third-order valence-corrected chi connectivity index (χ3v) is 7.15. The van der Waals surface area contributed by atoms with Crippen LogP contribution >= 0.6 is 11.6 Å². The zero-order valence-corrected chi connectivity index (χ0v) is 21.6. The van der Waals surface area contributed by atoms with Crippen molar-refractivity contribution in [1.29, 1.82) is 0 Å². The Balaban J connectivity index is 1.96. The molecule has 3 aromatic rings. The first-order chi connectivity index (χ1) is 16.5. The highest BCUT2D eigenvalue weighted by molar-refractivity contribution is 7.92. The number of sulfonamides is 1. The molecule has 186 valence electrons. The number of aryl methyl sites for hydroxylation is 2. The Labute approximate surface area is 210 Å². The molecule has 0 saturated carbocycles. The minimum absolute atomic E-state index is 0.0241. The van der Waals surface area contributed by atoms with Crippen molar-refractivity contribution >= 4 is 39.4 Å². The van der Waals surface area contributed by atoms with E-state index < -0.39 is 16.0 Å². The van der Waals surface area contributed by atoms with Crippen LogP contribution in [0, 0.1) is 19.8 Å². The van der Waals surface area contributed by atoms with E-state index in [0.29, 0.717) is 27.8 Å². The molecule has 1 N–H and O–H groups in total. The molecular weight excluding hydrogens is 490 g/mol. The van der Waals surface area contributed by atoms with Crippen LogP contribution in [0.25, 0.3) is 6.08 Å². The molecular formula is C26H28ClNO6S. The second-order valence-corrected chi connectivity index (χ2v) is 10.8. The van der Waals surface area contributed by atoms with Gasteiger partial charge in [-0.15, -0.1) is 0 Å². The Bertz CT molecular complexity index is 1330. The van der Waals surface area contributed by atoms with Crippen LogP contribution in [0.4, 0.5) is 5.69 Å². The fourth-order valence-electron chi connectivity index (χ4n) is 3.33. The molecule has 0 spiro atoms. The van der Waals surface area contributed by atoms with Crippen molar-refractivity contribution in [2.24, 2.45) is 5.92 Å². The molecule has 0 amide bonds. The Morgan fingerprint density at radius 1 is 1.14 bits per heavy atom. The van der Waals surface area contributed by atoms with Gasteiger partial charge < -0.3 is 14.3 Å². The minimum Gasteiger partial charge on any atom is -0.487 e. The number of furan rings is 1. The van der Waals surface area contributed by atoms with E-state index in [1.54, 1.807) is 44.2 Å². The van der Waals surface area contributed by atoms with Gasteiger partial charge in [0.25, 0.3) is 10.0 Å². The van der Waals surface area contributed by atoms with Crippen LogP contribution in [-0.4, -0.2) is 26.0 Å². The van der Waals surface area contributed by atoms with Gasteiger partial charge in [-0.25, -0.2) is 4.79 Å². The molecule has 0 saturated heterocycles. The van der Waals surface area contributed by atoms with Crippen LogP contribution in [-0.2, 0) is 21.4 Å². The van der Waals surface area contributed by atoms with Crippen LogP contribution in [0.1, 0.15) is 36.3 Å². The lowest BCUT2D eigenvalue weighted by atomic mass is 10.1. The number of carboxylic acids is 1. The predicted octanol–water partition coefficient (Wildman–Crippen LogP) is 6.08. The highest BCUT2D eigenvalue weighted by Gasteiger charge is 2.31. The minimum atomic E-state index is -3.99. The molecule has 3 rings (SSSR count). The molecule has 9 heteroatoms. The summed E-state index contributed by atoms with van der Waals surface area (Å²) < 4.78 is 39.9. The topological polar surface area (TPSA) is 97.0 Å². The van der Waals surface area contributed by atoms with E-state index in [1.807, 2.05) is 26.0 Å². The number of nitrogens with zero attached hydrogens (tertiary/aromatic N) is 1. The standard InChI is InChI=1S/C26H28ClNO6S/c1-17(2)15-28(35(31,32)26-12-5-19(4)34-26)23-13-18(3)22(27)14-24(23)33-16-21-8-6-20(7-9-21)10-11-25(29)30/h5-14,17H,15-16H2,1-4H3,(H,29,30)/b11-10+. The average molecular weight is 518 g/mol. The summed E-state index contributed by atoms with van der Waals surface area (Å²) in [6.07, 6.45) is 2.56. The molecule has 0 aliphatic carbocycles. The van der Waals surface area contributed by atoms with Crippen molar-refractivity contribution in [2.45, 2.75) is 39.4 Å². The van der Waals surface area contributed by atoms with E-state index in [0.717, 1.165) is 17.2 Å². The van der Waals surface area contributed by atoms with Crippen LogP contribution in [0.3, 0.4) is 0 Å². The van der Waals surface area contributed by atoms with Gasteiger partial charge in [0.05, 0.1) is 5.69 Å². The zero-order chi connectivity index (χ0) is 25.8. The summed E-state index contributed by atoms with van der Waals surface area (Å²) in [6, 6.07) is 13.5. The number of anilines is 1. The molecule has 2 aromatic carbocycles. The number of halogens is 1. The van der Waals surface area contributed by atoms with E-state index in [4.69, 9.17) is 25.9 Å². The van der Waals surface area contributed by atoms with Crippen molar-refractivity contribution in [3.8, 4) is 5.75 Å². The fourth-order valence-corrected chi connectivity index (χ4v) is 5.07. The number of hydrogen-bond acceptors (Lipinski definition) is 5. The molecule has 0 bridgehead atoms. The summed E-state index contributed by atoms with van der Waals surface area (Å²) in [4.78, 5) is 10.7. The second-order valence-electron chi connectivity index (χ2n) is 8.57. The molecule has 7 nitrogen and oxygen atoms in total. The van der Waals surface area contributed by atoms with E-state index in [9.17, 15) is 13.2 Å². The zero-order valence-electron chi connectivity index (χ0n) is 20.0. The number of aliphatic carboxylic acids is 1. The predicted molar refractivity (Wildman–Crippen MR) is 136 cm³/mol. The van der Waals surface area contributed by atoms with E-state index >= 15 is 0 Å². The Morgan fingerprint density at radius 3 is 2.40 bits per heavy atom. The summed E-state index contributed by atoms with van der Waals surface area (Å²) in [6.45, 7) is 7.72. The van der Waals surface area contributed by atoms with Gasteiger partial charge in [0.2, 0.25) is 5.09 Å². The van der Waals surface area contributed by atoms with Crippen molar-refractivity contribution in [3.63, 3.8) is 0 Å². The van der Waals surface area contributed by atoms with Crippen LogP contribution < -0.4 is 9.04 Å². The quantitative estimate of drug-likeness (QED) is 0.327. The Morgan fingerprint density at radius 2 is 1.83 bits per heavy atom. The van der Waals surface area contributed by atoms with Gasteiger partial charge in [0.15, 0.2) is 0 Å². The number of ether oxygens (including phenoxy) is 1. The molecule has 0 fully saturated rings. The maximum atomic E-state index is 13.5. The lowest BCUT2D eigenvalue weighted by molar-refractivity contribution is -0.131. The fraction of sp³-hybridized carbons (Fsp3) is 0.269. The van der Waals surface area contributed by atoms with E-state index in [2.05, 4.69) is 0 Å². The van der Waals surface area contributed by atoms with Crippen LogP contribution in [0.15, 0.2) is 64.1 Å². The maximum absolute atomic E-state index is 13.5. The molecule has 0 aliphatic rings. The monoisotopic (exact) mass is 517 g/mol. The lowest BCUT2D eigenvalue weighted by Crippen LogP contribution is -2.34. The highest BCUT2D eigenvalue weighted by Crippen LogP contribution is 2.38. The van der Waals surface area contributed by atoms with Crippen molar-refractivity contribution in [2.75, 3.05) is 10.8 Å². The second kappa shape index (κ2) is 11.0. The summed E-state index contributed by atoms with van der Waals surface area (Å²) >= 11 is 6.37. The molecule has 0 aliphatic heterocycles. The molecule has 1 aromatic heterocycles. The SMILES string of the molecule is Cc1ccc(S(=O)(=O)N(CC(C)C)c2cc(C)c(Cl)cc2OCc2ccc(/C=C/C(=O)O)cc2)o1. The molecule has 0 unspecified atom stereocenters. The Kier molecular flexibility index (Phi) is 8.30. The largest absolute Gasteiger partial charge is 0.487 e. The number of benzene rings is 2. The summed E-state index contributed by atoms with van der Waals surface area (Å²) in [7, 11) is -3.99. The number of carbonyl (C=O) groups is 1.